The van der Waals surface area contributed by atoms with Gasteiger partial charge in [0.25, 0.3) is 10.0 Å². The first-order valence-corrected chi connectivity index (χ1v) is 8.06. The maximum atomic E-state index is 12.6. The average molecular weight is 295 g/mol. The van der Waals surface area contributed by atoms with Gasteiger partial charge in [0.2, 0.25) is 0 Å². The predicted molar refractivity (Wildman–Crippen MR) is 75.6 cm³/mol. The van der Waals surface area contributed by atoms with Gasteiger partial charge in [-0.25, -0.2) is 24.0 Å². The molecule has 0 unspecified atom stereocenters. The van der Waals surface area contributed by atoms with E-state index in [-0.39, 0.29) is 16.9 Å². The molecule has 0 bridgehead atoms. The molecule has 1 aliphatic rings. The molecule has 1 saturated carbocycles. The lowest BCUT2D eigenvalue weighted by molar-refractivity contribution is 0.548. The van der Waals surface area contributed by atoms with E-state index in [1.54, 1.807) is 24.4 Å². The summed E-state index contributed by atoms with van der Waals surface area (Å²) in [6.45, 7) is 0. The summed E-state index contributed by atoms with van der Waals surface area (Å²) < 4.78 is 29.4. The number of nitrogen functional groups attached to an aromatic ring is 1. The molecular weight excluding hydrogens is 278 g/mol. The monoisotopic (exact) mass is 295 g/mol. The second-order valence-corrected chi connectivity index (χ2v) is 6.57. The quantitative estimate of drug-likeness (QED) is 0.573. The average Bonchev–Trinajstić information content (AvgIpc) is 3.04. The minimum absolute atomic E-state index is 0.000105. The first kappa shape index (κ1) is 13.3. The Kier molecular flexibility index (Phi) is 3.36. The number of nitrogens with zero attached hydrogens (tertiary/aromatic N) is 2. The van der Waals surface area contributed by atoms with Gasteiger partial charge in [-0.2, -0.15) is 0 Å². The largest absolute Gasteiger partial charge is 0.306 e. The van der Waals surface area contributed by atoms with E-state index in [4.69, 9.17) is 5.84 Å². The summed E-state index contributed by atoms with van der Waals surface area (Å²) >= 11 is 0. The Morgan fingerprint density at radius 1 is 1.30 bits per heavy atom. The van der Waals surface area contributed by atoms with Crippen LogP contribution in [0.4, 0.5) is 5.82 Å². The van der Waals surface area contributed by atoms with Crippen molar-refractivity contribution >= 4 is 21.5 Å². The Labute approximate surface area is 117 Å². The van der Waals surface area contributed by atoms with Crippen molar-refractivity contribution in [3.63, 3.8) is 0 Å². The topological polar surface area (TPSA) is 102 Å². The zero-order valence-electron chi connectivity index (χ0n) is 10.9. The van der Waals surface area contributed by atoms with Crippen molar-refractivity contribution in [1.82, 2.24) is 14.1 Å². The Bertz CT molecular complexity index is 719. The number of imidazole rings is 1. The second kappa shape index (κ2) is 5.04. The lowest BCUT2D eigenvalue weighted by atomic mass is 10.3. The van der Waals surface area contributed by atoms with Crippen LogP contribution in [0.5, 0.6) is 0 Å². The summed E-state index contributed by atoms with van der Waals surface area (Å²) in [7, 11) is -3.66. The fourth-order valence-corrected chi connectivity index (χ4v) is 4.20. The molecule has 0 saturated heterocycles. The summed E-state index contributed by atoms with van der Waals surface area (Å²) in [4.78, 5) is 4.18. The van der Waals surface area contributed by atoms with Crippen molar-refractivity contribution in [3.05, 3.63) is 24.4 Å². The fraction of sp³-hybridized carbons (Fsp3) is 0.417. The van der Waals surface area contributed by atoms with Crippen LogP contribution in [0, 0.1) is 0 Å². The van der Waals surface area contributed by atoms with Crippen molar-refractivity contribution in [3.8, 4) is 0 Å². The molecule has 0 aromatic carbocycles. The van der Waals surface area contributed by atoms with E-state index in [2.05, 4.69) is 15.1 Å². The molecule has 108 valence electrons. The zero-order chi connectivity index (χ0) is 14.2. The highest BCUT2D eigenvalue weighted by molar-refractivity contribution is 7.89. The molecule has 7 nitrogen and oxygen atoms in total. The summed E-state index contributed by atoms with van der Waals surface area (Å²) in [6, 6.07) is 5.28. The maximum Gasteiger partial charge on any atom is 0.260 e. The van der Waals surface area contributed by atoms with E-state index in [1.807, 2.05) is 0 Å². The number of pyridine rings is 1. The maximum absolute atomic E-state index is 12.6. The Balaban J connectivity index is 2.07. The molecule has 1 aliphatic carbocycles. The summed E-state index contributed by atoms with van der Waals surface area (Å²) in [5, 5.41) is 0.0579. The molecule has 20 heavy (non-hydrogen) atoms. The third-order valence-corrected chi connectivity index (χ3v) is 5.10. The molecule has 2 aromatic heterocycles. The Morgan fingerprint density at radius 3 is 2.75 bits per heavy atom. The van der Waals surface area contributed by atoms with E-state index in [1.165, 1.54) is 4.40 Å². The van der Waals surface area contributed by atoms with E-state index in [0.29, 0.717) is 5.65 Å². The van der Waals surface area contributed by atoms with E-state index >= 15 is 0 Å². The van der Waals surface area contributed by atoms with Crippen LogP contribution < -0.4 is 16.0 Å². The molecule has 2 aromatic rings. The van der Waals surface area contributed by atoms with Gasteiger partial charge in [-0.1, -0.05) is 18.9 Å². The highest BCUT2D eigenvalue weighted by Gasteiger charge is 2.28. The predicted octanol–water partition coefficient (Wildman–Crippen LogP) is 0.841. The number of nitrogens with one attached hydrogen (secondary N) is 2. The molecule has 0 atom stereocenters. The van der Waals surface area contributed by atoms with Crippen LogP contribution in [-0.2, 0) is 10.0 Å². The highest BCUT2D eigenvalue weighted by Crippen LogP contribution is 2.25. The number of anilines is 1. The molecule has 3 rings (SSSR count). The summed E-state index contributed by atoms with van der Waals surface area (Å²) in [6.07, 6.45) is 5.53. The van der Waals surface area contributed by atoms with Crippen LogP contribution in [0.25, 0.3) is 5.65 Å². The van der Waals surface area contributed by atoms with Gasteiger partial charge in [0.05, 0.1) is 0 Å². The molecule has 0 amide bonds. The van der Waals surface area contributed by atoms with Crippen molar-refractivity contribution in [2.75, 3.05) is 5.43 Å². The molecule has 1 fully saturated rings. The minimum atomic E-state index is -3.66. The first-order valence-electron chi connectivity index (χ1n) is 6.58. The Hall–Kier alpha value is -1.64. The van der Waals surface area contributed by atoms with E-state index < -0.39 is 10.0 Å². The number of fused-ring (bicyclic) bond motifs is 1. The Morgan fingerprint density at radius 2 is 2.05 bits per heavy atom. The smallest absolute Gasteiger partial charge is 0.260 e. The number of hydrazine groups is 1. The van der Waals surface area contributed by atoms with Crippen LogP contribution in [0.2, 0.25) is 0 Å². The lowest BCUT2D eigenvalue weighted by Crippen LogP contribution is -2.34. The standard InChI is InChI=1S/C12H17N5O2S/c13-15-11-12(17-8-4-3-7-10(17)14-11)20(18,19)16-9-5-1-2-6-9/h3-4,7-9,15-16H,1-2,5-6,13H2. The second-order valence-electron chi connectivity index (χ2n) is 4.94. The number of sulfonamides is 1. The number of aromatic nitrogens is 2. The van der Waals surface area contributed by atoms with Gasteiger partial charge in [0, 0.05) is 12.2 Å². The van der Waals surface area contributed by atoms with Gasteiger partial charge in [-0.3, -0.25) is 4.40 Å². The zero-order valence-corrected chi connectivity index (χ0v) is 11.7. The van der Waals surface area contributed by atoms with Crippen molar-refractivity contribution in [2.24, 2.45) is 5.84 Å². The minimum Gasteiger partial charge on any atom is -0.306 e. The van der Waals surface area contributed by atoms with E-state index in [9.17, 15) is 8.42 Å². The van der Waals surface area contributed by atoms with Crippen LogP contribution in [0.3, 0.4) is 0 Å². The van der Waals surface area contributed by atoms with Gasteiger partial charge < -0.3 is 5.43 Å². The third kappa shape index (κ3) is 2.26. The SMILES string of the molecule is NNc1nc2ccccn2c1S(=O)(=O)NC1CCCC1. The molecular formula is C12H17N5O2S. The first-order chi connectivity index (χ1) is 9.62. The van der Waals surface area contributed by atoms with Gasteiger partial charge in [-0.15, -0.1) is 0 Å². The van der Waals surface area contributed by atoms with Crippen molar-refractivity contribution in [2.45, 2.75) is 36.8 Å². The summed E-state index contributed by atoms with van der Waals surface area (Å²) in [5.41, 5.74) is 2.90. The number of nitrogens with two attached hydrogens (primary N) is 1. The van der Waals surface area contributed by atoms with Crippen molar-refractivity contribution < 1.29 is 8.42 Å². The van der Waals surface area contributed by atoms with Crippen LogP contribution in [0.15, 0.2) is 29.4 Å². The van der Waals surface area contributed by atoms with Gasteiger partial charge in [0.15, 0.2) is 10.8 Å². The van der Waals surface area contributed by atoms with Gasteiger partial charge in [-0.05, 0) is 25.0 Å². The highest BCUT2D eigenvalue weighted by atomic mass is 32.2. The fourth-order valence-electron chi connectivity index (χ4n) is 2.64. The molecule has 4 N–H and O–H groups in total. The van der Waals surface area contributed by atoms with Crippen molar-refractivity contribution in [1.29, 1.82) is 0 Å². The normalized spacial score (nSPS) is 16.9. The number of rotatable bonds is 4. The number of hydrogen-bond donors (Lipinski definition) is 3. The van der Waals surface area contributed by atoms with Crippen LogP contribution in [-0.4, -0.2) is 23.8 Å². The lowest BCUT2D eigenvalue weighted by Gasteiger charge is -2.13. The molecule has 0 aliphatic heterocycles. The van der Waals surface area contributed by atoms with Crippen LogP contribution in [0.1, 0.15) is 25.7 Å². The summed E-state index contributed by atoms with van der Waals surface area (Å²) in [5.74, 6) is 5.56. The molecule has 0 spiro atoms. The number of hydrogen-bond acceptors (Lipinski definition) is 5. The third-order valence-electron chi connectivity index (χ3n) is 3.55. The van der Waals surface area contributed by atoms with Gasteiger partial charge >= 0.3 is 0 Å². The molecule has 2 heterocycles. The van der Waals surface area contributed by atoms with Gasteiger partial charge in [0.1, 0.15) is 5.65 Å². The van der Waals surface area contributed by atoms with E-state index in [0.717, 1.165) is 25.7 Å². The molecule has 8 heteroatoms. The van der Waals surface area contributed by atoms with Crippen LogP contribution >= 0.6 is 0 Å². The molecule has 0 radical (unpaired) electrons.